The van der Waals surface area contributed by atoms with Crippen LogP contribution in [0.3, 0.4) is 0 Å². The van der Waals surface area contributed by atoms with Crippen molar-refractivity contribution < 1.29 is 10.2 Å². The van der Waals surface area contributed by atoms with E-state index >= 15 is 0 Å². The van der Waals surface area contributed by atoms with E-state index in [0.717, 1.165) is 40.9 Å². The van der Waals surface area contributed by atoms with E-state index in [0.29, 0.717) is 12.2 Å². The summed E-state index contributed by atoms with van der Waals surface area (Å²) >= 11 is 0. The first-order valence-electron chi connectivity index (χ1n) is 13.8. The minimum absolute atomic E-state index is 0.275. The van der Waals surface area contributed by atoms with Gasteiger partial charge in [-0.2, -0.15) is 0 Å². The number of hydrogen-bond donors (Lipinski definition) is 2. The highest BCUT2D eigenvalue weighted by Gasteiger charge is 2.11. The van der Waals surface area contributed by atoms with Gasteiger partial charge in [-0.05, 0) is 75.0 Å². The molecule has 2 heteroatoms. The third kappa shape index (κ3) is 12.6. The van der Waals surface area contributed by atoms with E-state index in [2.05, 4.69) is 40.7 Å². The highest BCUT2D eigenvalue weighted by molar-refractivity contribution is 5.52. The summed E-state index contributed by atoms with van der Waals surface area (Å²) in [6.07, 6.45) is 19.1. The van der Waals surface area contributed by atoms with Crippen LogP contribution in [0.4, 0.5) is 0 Å². The monoisotopic (exact) mass is 458 g/mol. The van der Waals surface area contributed by atoms with Gasteiger partial charge in [-0.25, -0.2) is 0 Å². The molecule has 1 aromatic carbocycles. The quantitative estimate of drug-likeness (QED) is 0.138. The van der Waals surface area contributed by atoms with Crippen LogP contribution in [0, 0.1) is 31.6 Å². The Morgan fingerprint density at radius 2 is 1.33 bits per heavy atom. The van der Waals surface area contributed by atoms with Gasteiger partial charge < -0.3 is 10.2 Å². The van der Waals surface area contributed by atoms with E-state index in [9.17, 15) is 10.2 Å². The topological polar surface area (TPSA) is 40.5 Å². The zero-order chi connectivity index (χ0) is 24.8. The molecule has 0 aliphatic heterocycles. The van der Waals surface area contributed by atoms with Gasteiger partial charge in [-0.3, -0.25) is 0 Å². The number of rotatable bonds is 17. The zero-order valence-corrected chi connectivity index (χ0v) is 23.0. The van der Waals surface area contributed by atoms with E-state index in [-0.39, 0.29) is 5.75 Å². The SMILES string of the molecule is C/C(=C\Cc1c(C)c(O)cc(C)c1O)CCCCCCC(C)CCCC(C)CCCC(C)C. The van der Waals surface area contributed by atoms with Crippen molar-refractivity contribution in [2.24, 2.45) is 17.8 Å². The fourth-order valence-electron chi connectivity index (χ4n) is 4.81. The van der Waals surface area contributed by atoms with Gasteiger partial charge in [0.2, 0.25) is 0 Å². The number of allylic oxidation sites excluding steroid dienone is 2. The van der Waals surface area contributed by atoms with Crippen LogP contribution >= 0.6 is 0 Å². The van der Waals surface area contributed by atoms with E-state index < -0.39 is 0 Å². The third-order valence-corrected chi connectivity index (χ3v) is 7.39. The number of aromatic hydroxyl groups is 2. The van der Waals surface area contributed by atoms with Crippen molar-refractivity contribution >= 4 is 0 Å². The lowest BCUT2D eigenvalue weighted by atomic mass is 9.91. The van der Waals surface area contributed by atoms with Crippen LogP contribution in [0.25, 0.3) is 0 Å². The second-order valence-electron chi connectivity index (χ2n) is 11.3. The summed E-state index contributed by atoms with van der Waals surface area (Å²) in [5.74, 6) is 3.22. The Morgan fingerprint density at radius 3 is 1.94 bits per heavy atom. The molecule has 190 valence electrons. The van der Waals surface area contributed by atoms with Gasteiger partial charge in [0.25, 0.3) is 0 Å². The fraction of sp³-hybridized carbons (Fsp3) is 0.742. The first-order chi connectivity index (χ1) is 15.6. The van der Waals surface area contributed by atoms with Crippen LogP contribution in [-0.4, -0.2) is 10.2 Å². The van der Waals surface area contributed by atoms with Gasteiger partial charge in [0.1, 0.15) is 11.5 Å². The lowest BCUT2D eigenvalue weighted by Gasteiger charge is -2.15. The summed E-state index contributed by atoms with van der Waals surface area (Å²) in [6, 6.07) is 1.64. The zero-order valence-electron chi connectivity index (χ0n) is 23.0. The number of benzene rings is 1. The van der Waals surface area contributed by atoms with E-state index in [4.69, 9.17) is 0 Å². The molecule has 0 aromatic heterocycles. The van der Waals surface area contributed by atoms with Crippen LogP contribution in [0.15, 0.2) is 17.7 Å². The molecule has 0 bridgehead atoms. The molecule has 0 heterocycles. The van der Waals surface area contributed by atoms with Crippen molar-refractivity contribution in [2.45, 2.75) is 132 Å². The molecule has 0 saturated carbocycles. The lowest BCUT2D eigenvalue weighted by Crippen LogP contribution is -2.00. The molecule has 2 atom stereocenters. The van der Waals surface area contributed by atoms with Gasteiger partial charge in [0.15, 0.2) is 0 Å². The maximum absolute atomic E-state index is 10.3. The van der Waals surface area contributed by atoms with E-state index in [1.165, 1.54) is 76.2 Å². The van der Waals surface area contributed by atoms with Gasteiger partial charge in [-0.1, -0.05) is 104 Å². The molecule has 0 fully saturated rings. The molecule has 2 unspecified atom stereocenters. The van der Waals surface area contributed by atoms with Crippen molar-refractivity contribution in [3.63, 3.8) is 0 Å². The number of phenolic OH excluding ortho intramolecular Hbond substituents is 2. The Balaban J connectivity index is 2.14. The van der Waals surface area contributed by atoms with Crippen molar-refractivity contribution in [3.8, 4) is 11.5 Å². The van der Waals surface area contributed by atoms with Crippen molar-refractivity contribution in [1.82, 2.24) is 0 Å². The standard InChI is InChI=1S/C31H54O2/c1-23(2)14-12-17-25(4)19-13-18-24(3)15-10-8-9-11-16-26(5)20-21-29-28(7)30(32)22-27(6)31(29)33/h20,22-25,32-33H,8-19,21H2,1-7H3/b26-20+. The molecular weight excluding hydrogens is 404 g/mol. The van der Waals surface area contributed by atoms with Crippen LogP contribution < -0.4 is 0 Å². The second-order valence-corrected chi connectivity index (χ2v) is 11.3. The van der Waals surface area contributed by atoms with Gasteiger partial charge in [-0.15, -0.1) is 0 Å². The molecule has 1 aromatic rings. The molecule has 0 saturated heterocycles. The second kappa shape index (κ2) is 16.2. The molecule has 33 heavy (non-hydrogen) atoms. The van der Waals surface area contributed by atoms with Crippen LogP contribution in [0.1, 0.15) is 128 Å². The Morgan fingerprint density at radius 1 is 0.788 bits per heavy atom. The van der Waals surface area contributed by atoms with Crippen LogP contribution in [0.2, 0.25) is 0 Å². The summed E-state index contributed by atoms with van der Waals surface area (Å²) in [4.78, 5) is 0. The van der Waals surface area contributed by atoms with Gasteiger partial charge >= 0.3 is 0 Å². The molecule has 0 amide bonds. The Bertz CT molecular complexity index is 675. The summed E-state index contributed by atoms with van der Waals surface area (Å²) in [5, 5.41) is 20.3. The summed E-state index contributed by atoms with van der Waals surface area (Å²) in [5.41, 5.74) is 3.76. The highest BCUT2D eigenvalue weighted by Crippen LogP contribution is 2.33. The maximum atomic E-state index is 10.3. The predicted octanol–water partition coefficient (Wildman–Crippen LogP) is 9.81. The normalized spacial score (nSPS) is 14.1. The molecule has 0 spiro atoms. The minimum atomic E-state index is 0.275. The Hall–Kier alpha value is -1.44. The molecule has 0 aliphatic rings. The number of unbranched alkanes of at least 4 members (excludes halogenated alkanes) is 3. The molecule has 2 nitrogen and oxygen atoms in total. The Labute approximate surface area is 205 Å². The summed E-state index contributed by atoms with van der Waals surface area (Å²) in [7, 11) is 0. The molecular formula is C31H54O2. The summed E-state index contributed by atoms with van der Waals surface area (Å²) in [6.45, 7) is 15.4. The van der Waals surface area contributed by atoms with Crippen LogP contribution in [-0.2, 0) is 6.42 Å². The predicted molar refractivity (Wildman–Crippen MR) is 145 cm³/mol. The number of phenols is 2. The number of hydrogen-bond acceptors (Lipinski definition) is 2. The number of aryl methyl sites for hydroxylation is 1. The van der Waals surface area contributed by atoms with Gasteiger partial charge in [0, 0.05) is 5.56 Å². The molecule has 1 rings (SSSR count). The molecule has 0 aliphatic carbocycles. The van der Waals surface area contributed by atoms with Crippen molar-refractivity contribution in [2.75, 3.05) is 0 Å². The van der Waals surface area contributed by atoms with Crippen molar-refractivity contribution in [1.29, 1.82) is 0 Å². The highest BCUT2D eigenvalue weighted by atomic mass is 16.3. The molecule has 2 N–H and O–H groups in total. The largest absolute Gasteiger partial charge is 0.508 e. The van der Waals surface area contributed by atoms with Crippen molar-refractivity contribution in [3.05, 3.63) is 34.4 Å². The summed E-state index contributed by atoms with van der Waals surface area (Å²) < 4.78 is 0. The maximum Gasteiger partial charge on any atom is 0.122 e. The molecule has 0 radical (unpaired) electrons. The first-order valence-corrected chi connectivity index (χ1v) is 13.8. The fourth-order valence-corrected chi connectivity index (χ4v) is 4.81. The first kappa shape index (κ1) is 29.6. The van der Waals surface area contributed by atoms with E-state index in [1.807, 2.05) is 13.8 Å². The lowest BCUT2D eigenvalue weighted by molar-refractivity contribution is 0.386. The van der Waals surface area contributed by atoms with Gasteiger partial charge in [0.05, 0.1) is 0 Å². The van der Waals surface area contributed by atoms with E-state index in [1.54, 1.807) is 6.07 Å². The minimum Gasteiger partial charge on any atom is -0.508 e. The Kier molecular flexibility index (Phi) is 14.6. The average molecular weight is 459 g/mol. The van der Waals surface area contributed by atoms with Crippen LogP contribution in [0.5, 0.6) is 11.5 Å². The average Bonchev–Trinajstić information content (AvgIpc) is 2.74. The third-order valence-electron chi connectivity index (χ3n) is 7.39. The smallest absolute Gasteiger partial charge is 0.122 e.